The molecule has 0 radical (unpaired) electrons. The molecule has 4 heteroatoms. The van der Waals surface area contributed by atoms with Crippen molar-refractivity contribution >= 4 is 5.78 Å². The fourth-order valence-electron chi connectivity index (χ4n) is 16.4. The van der Waals surface area contributed by atoms with E-state index in [0.717, 1.165) is 30.2 Å². The molecular weight excluding hydrogens is 599 g/mol. The van der Waals surface area contributed by atoms with Crippen molar-refractivity contribution in [3.63, 3.8) is 0 Å². The third-order valence-electron chi connectivity index (χ3n) is 17.6. The molecule has 0 aromatic carbocycles. The molecular formula is C45H65N3O. The van der Waals surface area contributed by atoms with Crippen molar-refractivity contribution in [1.29, 1.82) is 0 Å². The molecule has 266 valence electrons. The number of carbonyl (C=O) groups is 1. The average molecular weight is 664 g/mol. The molecule has 1 spiro atoms. The number of allylic oxidation sites excluding steroid dienone is 3. The molecule has 1 saturated carbocycles. The monoisotopic (exact) mass is 664 g/mol. The lowest BCUT2D eigenvalue weighted by molar-refractivity contribution is -0.125. The van der Waals surface area contributed by atoms with Gasteiger partial charge in [-0.05, 0) is 137 Å². The number of fused-ring (bicyclic) bond motifs is 4. The van der Waals surface area contributed by atoms with Crippen LogP contribution >= 0.6 is 0 Å². The van der Waals surface area contributed by atoms with Crippen LogP contribution in [-0.4, -0.2) is 43.8 Å². The zero-order chi connectivity index (χ0) is 33.6. The molecule has 0 N–H and O–H groups in total. The van der Waals surface area contributed by atoms with Crippen molar-refractivity contribution in [3.8, 4) is 0 Å². The predicted molar refractivity (Wildman–Crippen MR) is 198 cm³/mol. The number of aromatic nitrogens is 1. The van der Waals surface area contributed by atoms with Crippen molar-refractivity contribution < 1.29 is 4.79 Å². The summed E-state index contributed by atoms with van der Waals surface area (Å²) in [6.07, 6.45) is 25.5. The Kier molecular flexibility index (Phi) is 7.14. The van der Waals surface area contributed by atoms with E-state index >= 15 is 0 Å². The van der Waals surface area contributed by atoms with Crippen LogP contribution in [0, 0.1) is 35.0 Å². The van der Waals surface area contributed by atoms with Crippen molar-refractivity contribution in [2.75, 3.05) is 0 Å². The summed E-state index contributed by atoms with van der Waals surface area (Å²) >= 11 is 0. The van der Waals surface area contributed by atoms with E-state index in [1.54, 1.807) is 22.6 Å². The molecule has 0 bridgehead atoms. The minimum atomic E-state index is 0.127. The Hall–Kier alpha value is -1.97. The summed E-state index contributed by atoms with van der Waals surface area (Å²) in [4.78, 5) is 19.8. The van der Waals surface area contributed by atoms with E-state index < -0.39 is 0 Å². The van der Waals surface area contributed by atoms with Crippen LogP contribution in [0.4, 0.5) is 0 Å². The lowest BCUT2D eigenvalue weighted by Gasteiger charge is -2.53. The van der Waals surface area contributed by atoms with E-state index in [1.807, 2.05) is 16.8 Å². The van der Waals surface area contributed by atoms with Gasteiger partial charge in [-0.1, -0.05) is 60.5 Å². The summed E-state index contributed by atoms with van der Waals surface area (Å²) in [6.45, 7) is 15.1. The lowest BCUT2D eigenvalue weighted by atomic mass is 9.53. The SMILES string of the molecule is CCC(=O)C1CCCC2CC3=C(CC(CC)C4CC5CCC=C6N5C34C3C(CC)C(C)C(c4c(CC)c5n7c4CCC7CCC5)C63CC)N21. The molecule has 1 aromatic heterocycles. The first-order chi connectivity index (χ1) is 23.9. The third-order valence-corrected chi connectivity index (χ3v) is 17.6. The van der Waals surface area contributed by atoms with Crippen LogP contribution in [-0.2, 0) is 24.1 Å². The Morgan fingerprint density at radius 3 is 2.49 bits per heavy atom. The molecule has 1 aromatic rings. The minimum absolute atomic E-state index is 0.127. The highest BCUT2D eigenvalue weighted by Gasteiger charge is 2.80. The Balaban J connectivity index is 1.24. The highest BCUT2D eigenvalue weighted by atomic mass is 16.1. The standard InChI is InChI=1S/C45H65N3O/c1-7-27-23-38-34(24-29-16-13-19-36(47(29)38)39(49)10-4)45-33(27)25-30-17-14-20-40(48(30)45)44(11-5)42(26(6)31(8-2)43(44)45)41-32(9-3)35-18-12-15-28-21-22-37(41)46(28)35/h20,26-31,33,36,42-43H,7-19,21-25H2,1-6H3. The van der Waals surface area contributed by atoms with Gasteiger partial charge in [-0.15, -0.1) is 0 Å². The topological polar surface area (TPSA) is 28.5 Å². The van der Waals surface area contributed by atoms with Crippen LogP contribution in [0.2, 0.25) is 0 Å². The molecule has 2 aliphatic carbocycles. The van der Waals surface area contributed by atoms with E-state index in [-0.39, 0.29) is 17.0 Å². The largest absolute Gasteiger partial charge is 0.361 e. The van der Waals surface area contributed by atoms with E-state index in [9.17, 15) is 4.79 Å². The van der Waals surface area contributed by atoms with Crippen LogP contribution in [0.3, 0.4) is 0 Å². The van der Waals surface area contributed by atoms with Crippen molar-refractivity contribution in [3.05, 3.63) is 45.6 Å². The number of hydrogen-bond donors (Lipinski definition) is 0. The second-order valence-electron chi connectivity index (χ2n) is 18.6. The molecule has 12 atom stereocenters. The number of carbonyl (C=O) groups excluding carboxylic acids is 1. The fraction of sp³-hybridized carbons (Fsp3) is 0.800. The van der Waals surface area contributed by atoms with E-state index in [2.05, 4.69) is 62.0 Å². The number of rotatable bonds is 7. The molecule has 8 heterocycles. The number of piperidine rings is 1. The smallest absolute Gasteiger partial charge is 0.154 e. The maximum atomic E-state index is 13.7. The van der Waals surface area contributed by atoms with Gasteiger partial charge in [0.05, 0.1) is 11.6 Å². The average Bonchev–Trinajstić information content (AvgIpc) is 3.95. The molecule has 10 rings (SSSR count). The summed E-state index contributed by atoms with van der Waals surface area (Å²) < 4.78 is 2.95. The van der Waals surface area contributed by atoms with Gasteiger partial charge in [0.15, 0.2) is 5.78 Å². The molecule has 0 amide bonds. The highest BCUT2D eigenvalue weighted by Crippen LogP contribution is 2.81. The summed E-state index contributed by atoms with van der Waals surface area (Å²) in [5.41, 5.74) is 13.0. The first kappa shape index (κ1) is 31.7. The Labute approximate surface area is 297 Å². The van der Waals surface area contributed by atoms with E-state index in [0.29, 0.717) is 42.0 Å². The quantitative estimate of drug-likeness (QED) is 0.291. The van der Waals surface area contributed by atoms with Crippen LogP contribution in [0.5, 0.6) is 0 Å². The summed E-state index contributed by atoms with van der Waals surface area (Å²) in [6, 6.07) is 2.15. The number of ketones is 1. The maximum absolute atomic E-state index is 13.7. The number of Topliss-reactive ketones (excluding diaryl/α,β-unsaturated/α-hetero) is 1. The first-order valence-electron chi connectivity index (χ1n) is 21.7. The molecule has 3 saturated heterocycles. The summed E-state index contributed by atoms with van der Waals surface area (Å²) in [5, 5.41) is 0. The molecule has 4 fully saturated rings. The van der Waals surface area contributed by atoms with Gasteiger partial charge < -0.3 is 14.4 Å². The van der Waals surface area contributed by atoms with Crippen LogP contribution in [0.15, 0.2) is 23.0 Å². The molecule has 49 heavy (non-hydrogen) atoms. The van der Waals surface area contributed by atoms with E-state index in [4.69, 9.17) is 0 Å². The highest BCUT2D eigenvalue weighted by molar-refractivity contribution is 5.84. The Bertz CT molecular complexity index is 1630. The van der Waals surface area contributed by atoms with Gasteiger partial charge in [0.2, 0.25) is 0 Å². The van der Waals surface area contributed by atoms with Crippen LogP contribution in [0.25, 0.3) is 0 Å². The maximum Gasteiger partial charge on any atom is 0.154 e. The normalized spacial score (nSPS) is 44.1. The fourth-order valence-corrected chi connectivity index (χ4v) is 16.4. The zero-order valence-electron chi connectivity index (χ0n) is 31.8. The molecule has 7 aliphatic heterocycles. The number of nitrogens with zero attached hydrogens (tertiary/aromatic N) is 3. The van der Waals surface area contributed by atoms with Gasteiger partial charge in [-0.2, -0.15) is 0 Å². The predicted octanol–water partition coefficient (Wildman–Crippen LogP) is 10.1. The first-order valence-corrected chi connectivity index (χ1v) is 21.7. The van der Waals surface area contributed by atoms with Gasteiger partial charge in [-0.3, -0.25) is 4.79 Å². The Morgan fingerprint density at radius 2 is 1.73 bits per heavy atom. The van der Waals surface area contributed by atoms with Gasteiger partial charge >= 0.3 is 0 Å². The van der Waals surface area contributed by atoms with Gasteiger partial charge in [-0.25, -0.2) is 0 Å². The zero-order valence-corrected chi connectivity index (χ0v) is 31.8. The van der Waals surface area contributed by atoms with E-state index in [1.165, 1.54) is 103 Å². The van der Waals surface area contributed by atoms with Gasteiger partial charge in [0.25, 0.3) is 0 Å². The molecule has 12 unspecified atom stereocenters. The van der Waals surface area contributed by atoms with Gasteiger partial charge in [0.1, 0.15) is 0 Å². The summed E-state index contributed by atoms with van der Waals surface area (Å²) in [5.74, 6) is 4.74. The minimum Gasteiger partial charge on any atom is -0.361 e. The van der Waals surface area contributed by atoms with Gasteiger partial charge in [0, 0.05) is 64.6 Å². The Morgan fingerprint density at radius 1 is 0.898 bits per heavy atom. The second kappa shape index (κ2) is 11.0. The van der Waals surface area contributed by atoms with Crippen molar-refractivity contribution in [2.45, 2.75) is 193 Å². The van der Waals surface area contributed by atoms with Crippen LogP contribution < -0.4 is 0 Å². The lowest BCUT2D eigenvalue weighted by Crippen LogP contribution is -2.57. The van der Waals surface area contributed by atoms with Crippen molar-refractivity contribution in [1.82, 2.24) is 14.4 Å². The third kappa shape index (κ3) is 3.57. The van der Waals surface area contributed by atoms with Crippen molar-refractivity contribution in [2.24, 2.45) is 35.0 Å². The summed E-state index contributed by atoms with van der Waals surface area (Å²) in [7, 11) is 0. The second-order valence-corrected chi connectivity index (χ2v) is 18.6. The number of hydrogen-bond acceptors (Lipinski definition) is 3. The molecule has 4 nitrogen and oxygen atoms in total. The van der Waals surface area contributed by atoms with Crippen LogP contribution in [0.1, 0.15) is 172 Å². The molecule has 9 aliphatic rings.